The molecule has 2 nitrogen and oxygen atoms in total. The number of rotatable bonds is 4. The van der Waals surface area contributed by atoms with E-state index in [1.807, 2.05) is 0 Å². The summed E-state index contributed by atoms with van der Waals surface area (Å²) in [4.78, 5) is 0. The van der Waals surface area contributed by atoms with Crippen LogP contribution in [-0.2, 0) is 9.47 Å². The van der Waals surface area contributed by atoms with Crippen molar-refractivity contribution in [1.29, 1.82) is 0 Å². The average molecular weight is 333 g/mol. The zero-order valence-corrected chi connectivity index (χ0v) is 14.3. The fourth-order valence-corrected chi connectivity index (χ4v) is 4.52. The molecular weight excluding hydrogens is 304 g/mol. The van der Waals surface area contributed by atoms with E-state index in [2.05, 4.69) is 36.7 Å². The molecule has 112 valence electrons. The second-order valence-electron chi connectivity index (χ2n) is 7.59. The molecule has 0 radical (unpaired) electrons. The fourth-order valence-electron chi connectivity index (χ4n) is 3.80. The van der Waals surface area contributed by atoms with Crippen molar-refractivity contribution in [2.24, 2.45) is 16.7 Å². The maximum Gasteiger partial charge on any atom is 0.0583 e. The number of alkyl halides is 1. The molecular formula is C16H29BrO2. The van der Waals surface area contributed by atoms with E-state index in [9.17, 15) is 0 Å². The molecule has 1 heterocycles. The SMILES string of the molecule is CC1CC(OCC2(CBr)CCOCC2)CC(C)(C)C1. The third kappa shape index (κ3) is 4.44. The van der Waals surface area contributed by atoms with Gasteiger partial charge in [-0.05, 0) is 43.4 Å². The summed E-state index contributed by atoms with van der Waals surface area (Å²) in [5, 5.41) is 1.04. The van der Waals surface area contributed by atoms with Crippen LogP contribution in [0.5, 0.6) is 0 Å². The Hall–Kier alpha value is 0.400. The molecule has 0 amide bonds. The Kier molecular flexibility index (Phi) is 5.35. The maximum atomic E-state index is 6.34. The third-order valence-corrected chi connectivity index (χ3v) is 6.00. The van der Waals surface area contributed by atoms with Gasteiger partial charge in [0.05, 0.1) is 12.7 Å². The van der Waals surface area contributed by atoms with E-state index >= 15 is 0 Å². The first kappa shape index (κ1) is 15.8. The van der Waals surface area contributed by atoms with Gasteiger partial charge in [-0.25, -0.2) is 0 Å². The number of hydrogen-bond acceptors (Lipinski definition) is 2. The Morgan fingerprint density at radius 3 is 2.47 bits per heavy atom. The molecule has 0 aromatic heterocycles. The highest BCUT2D eigenvalue weighted by molar-refractivity contribution is 9.09. The molecule has 2 rings (SSSR count). The zero-order valence-electron chi connectivity index (χ0n) is 12.7. The van der Waals surface area contributed by atoms with Crippen LogP contribution in [-0.4, -0.2) is 31.3 Å². The summed E-state index contributed by atoms with van der Waals surface area (Å²) in [7, 11) is 0. The van der Waals surface area contributed by atoms with Gasteiger partial charge in [-0.1, -0.05) is 36.7 Å². The van der Waals surface area contributed by atoms with Gasteiger partial charge in [0.1, 0.15) is 0 Å². The average Bonchev–Trinajstić information content (AvgIpc) is 2.35. The van der Waals surface area contributed by atoms with Gasteiger partial charge in [-0.2, -0.15) is 0 Å². The molecule has 1 aliphatic carbocycles. The second-order valence-corrected chi connectivity index (χ2v) is 8.15. The van der Waals surface area contributed by atoms with Gasteiger partial charge in [-0.15, -0.1) is 0 Å². The van der Waals surface area contributed by atoms with E-state index in [0.717, 1.165) is 43.9 Å². The van der Waals surface area contributed by atoms with Crippen molar-refractivity contribution in [3.8, 4) is 0 Å². The normalized spacial score (nSPS) is 34.1. The summed E-state index contributed by atoms with van der Waals surface area (Å²) in [6.07, 6.45) is 6.50. The van der Waals surface area contributed by atoms with Crippen molar-refractivity contribution in [3.05, 3.63) is 0 Å². The lowest BCUT2D eigenvalue weighted by molar-refractivity contribution is -0.0803. The molecule has 0 aromatic rings. The van der Waals surface area contributed by atoms with Gasteiger partial charge in [0.25, 0.3) is 0 Å². The van der Waals surface area contributed by atoms with Crippen LogP contribution >= 0.6 is 15.9 Å². The standard InChI is InChI=1S/C16H29BrO2/c1-13-8-14(10-15(2,3)9-13)19-12-16(11-17)4-6-18-7-5-16/h13-14H,4-12H2,1-3H3. The lowest BCUT2D eigenvalue weighted by Crippen LogP contribution is -2.39. The molecule has 0 bridgehead atoms. The van der Waals surface area contributed by atoms with Crippen LogP contribution in [0.3, 0.4) is 0 Å². The number of hydrogen-bond donors (Lipinski definition) is 0. The molecule has 1 aliphatic heterocycles. The van der Waals surface area contributed by atoms with Crippen LogP contribution < -0.4 is 0 Å². The van der Waals surface area contributed by atoms with Crippen LogP contribution in [0, 0.1) is 16.7 Å². The summed E-state index contributed by atoms with van der Waals surface area (Å²) in [6, 6.07) is 0. The van der Waals surface area contributed by atoms with Crippen LogP contribution in [0.1, 0.15) is 52.9 Å². The number of halogens is 1. The van der Waals surface area contributed by atoms with Gasteiger partial charge in [0.15, 0.2) is 0 Å². The van der Waals surface area contributed by atoms with E-state index in [4.69, 9.17) is 9.47 Å². The minimum Gasteiger partial charge on any atom is -0.381 e. The highest BCUT2D eigenvalue weighted by Gasteiger charge is 2.36. The van der Waals surface area contributed by atoms with Gasteiger partial charge >= 0.3 is 0 Å². The van der Waals surface area contributed by atoms with Crippen LogP contribution in [0.4, 0.5) is 0 Å². The molecule has 2 unspecified atom stereocenters. The lowest BCUT2D eigenvalue weighted by atomic mass is 9.71. The molecule has 19 heavy (non-hydrogen) atoms. The van der Waals surface area contributed by atoms with Crippen molar-refractivity contribution in [3.63, 3.8) is 0 Å². The Morgan fingerprint density at radius 1 is 1.21 bits per heavy atom. The summed E-state index contributed by atoms with van der Waals surface area (Å²) in [5.74, 6) is 0.795. The molecule has 2 fully saturated rings. The topological polar surface area (TPSA) is 18.5 Å². The number of ether oxygens (including phenoxy) is 2. The Balaban J connectivity index is 1.86. The van der Waals surface area contributed by atoms with E-state index in [1.54, 1.807) is 0 Å². The van der Waals surface area contributed by atoms with Crippen LogP contribution in [0.25, 0.3) is 0 Å². The lowest BCUT2D eigenvalue weighted by Gasteiger charge is -2.41. The highest BCUT2D eigenvalue weighted by Crippen LogP contribution is 2.41. The maximum absolute atomic E-state index is 6.34. The van der Waals surface area contributed by atoms with Gasteiger partial charge in [0, 0.05) is 24.0 Å². The summed E-state index contributed by atoms with van der Waals surface area (Å²) in [6.45, 7) is 9.81. The molecule has 1 saturated heterocycles. The molecule has 2 aliphatic rings. The fraction of sp³-hybridized carbons (Fsp3) is 1.00. The van der Waals surface area contributed by atoms with Crippen molar-refractivity contribution < 1.29 is 9.47 Å². The minimum atomic E-state index is 0.309. The zero-order chi connectivity index (χ0) is 13.9. The highest BCUT2D eigenvalue weighted by atomic mass is 79.9. The molecule has 2 atom stereocenters. The van der Waals surface area contributed by atoms with Crippen molar-refractivity contribution in [2.45, 2.75) is 59.0 Å². The van der Waals surface area contributed by atoms with E-state index in [-0.39, 0.29) is 0 Å². The van der Waals surface area contributed by atoms with Gasteiger partial charge in [0.2, 0.25) is 0 Å². The van der Waals surface area contributed by atoms with Crippen molar-refractivity contribution in [1.82, 2.24) is 0 Å². The molecule has 0 N–H and O–H groups in total. The van der Waals surface area contributed by atoms with Crippen molar-refractivity contribution >= 4 is 15.9 Å². The minimum absolute atomic E-state index is 0.309. The molecule has 0 aromatic carbocycles. The molecule has 1 saturated carbocycles. The Labute approximate surface area is 126 Å². The largest absolute Gasteiger partial charge is 0.381 e. The summed E-state index contributed by atoms with van der Waals surface area (Å²) < 4.78 is 11.8. The monoisotopic (exact) mass is 332 g/mol. The van der Waals surface area contributed by atoms with E-state index in [0.29, 0.717) is 16.9 Å². The second kappa shape index (κ2) is 6.44. The quantitative estimate of drug-likeness (QED) is 0.710. The van der Waals surface area contributed by atoms with Gasteiger partial charge in [-0.3, -0.25) is 0 Å². The van der Waals surface area contributed by atoms with Crippen molar-refractivity contribution in [2.75, 3.05) is 25.2 Å². The first-order valence-corrected chi connectivity index (χ1v) is 8.82. The van der Waals surface area contributed by atoms with Crippen LogP contribution in [0.15, 0.2) is 0 Å². The first-order valence-electron chi connectivity index (χ1n) is 7.70. The molecule has 0 spiro atoms. The van der Waals surface area contributed by atoms with Crippen LogP contribution in [0.2, 0.25) is 0 Å². The smallest absolute Gasteiger partial charge is 0.0583 e. The van der Waals surface area contributed by atoms with E-state index in [1.165, 1.54) is 19.3 Å². The summed E-state index contributed by atoms with van der Waals surface area (Å²) >= 11 is 3.69. The predicted molar refractivity (Wildman–Crippen MR) is 82.8 cm³/mol. The third-order valence-electron chi connectivity index (χ3n) is 4.81. The first-order chi connectivity index (χ1) is 8.95. The van der Waals surface area contributed by atoms with E-state index < -0.39 is 0 Å². The Morgan fingerprint density at radius 2 is 1.89 bits per heavy atom. The molecule has 3 heteroatoms. The van der Waals surface area contributed by atoms with Gasteiger partial charge < -0.3 is 9.47 Å². The predicted octanol–water partition coefficient (Wildman–Crippen LogP) is 4.41. The summed E-state index contributed by atoms with van der Waals surface area (Å²) in [5.41, 5.74) is 0.753. The Bertz CT molecular complexity index is 284.